The first-order valence-electron chi connectivity index (χ1n) is 7.74. The van der Waals surface area contributed by atoms with Crippen LogP contribution in [0, 0.1) is 5.82 Å². The number of nitrogens with zero attached hydrogens (tertiary/aromatic N) is 3. The number of rotatable bonds is 4. The molecule has 2 aromatic carbocycles. The maximum atomic E-state index is 14.2. The first kappa shape index (κ1) is 16.3. The van der Waals surface area contributed by atoms with Gasteiger partial charge in [0.1, 0.15) is 5.82 Å². The zero-order valence-electron chi connectivity index (χ0n) is 13.6. The fourth-order valence-corrected chi connectivity index (χ4v) is 3.20. The Hall–Kier alpha value is -2.53. The standard InChI is InChI=1S/C19H18FN3S/c1-14(2)22-19-23(21-12-15-8-4-3-5-9-15)18(13-24-19)16-10-6-7-11-17(16)20/h3-14H,1-2H3. The number of halogens is 1. The van der Waals surface area contributed by atoms with Gasteiger partial charge in [0, 0.05) is 17.0 Å². The second kappa shape index (κ2) is 7.36. The maximum Gasteiger partial charge on any atom is 0.206 e. The molecule has 0 spiro atoms. The summed E-state index contributed by atoms with van der Waals surface area (Å²) in [5.41, 5.74) is 2.19. The highest BCUT2D eigenvalue weighted by molar-refractivity contribution is 7.07. The number of thiazole rings is 1. The number of hydrogen-bond acceptors (Lipinski definition) is 3. The Balaban J connectivity index is 2.13. The van der Waals surface area contributed by atoms with Gasteiger partial charge in [-0.05, 0) is 31.5 Å². The molecule has 0 N–H and O–H groups in total. The number of benzene rings is 2. The highest BCUT2D eigenvalue weighted by Crippen LogP contribution is 2.23. The average molecular weight is 339 g/mol. The van der Waals surface area contributed by atoms with Gasteiger partial charge in [-0.15, -0.1) is 11.3 Å². The van der Waals surface area contributed by atoms with Crippen LogP contribution in [-0.4, -0.2) is 16.9 Å². The zero-order chi connectivity index (χ0) is 16.9. The van der Waals surface area contributed by atoms with Gasteiger partial charge in [-0.3, -0.25) is 4.99 Å². The summed E-state index contributed by atoms with van der Waals surface area (Å²) in [5, 5.41) is 6.44. The number of hydrogen-bond donors (Lipinski definition) is 0. The van der Waals surface area contributed by atoms with Crippen molar-refractivity contribution < 1.29 is 4.39 Å². The highest BCUT2D eigenvalue weighted by atomic mass is 32.1. The van der Waals surface area contributed by atoms with Crippen LogP contribution in [0.2, 0.25) is 0 Å². The van der Waals surface area contributed by atoms with Crippen molar-refractivity contribution in [1.29, 1.82) is 0 Å². The van der Waals surface area contributed by atoms with E-state index in [4.69, 9.17) is 0 Å². The second-order valence-corrected chi connectivity index (χ2v) is 6.41. The minimum Gasteiger partial charge on any atom is -0.255 e. The minimum atomic E-state index is -0.268. The molecule has 0 atom stereocenters. The third-order valence-corrected chi connectivity index (χ3v) is 4.16. The highest BCUT2D eigenvalue weighted by Gasteiger charge is 2.11. The summed E-state index contributed by atoms with van der Waals surface area (Å²) in [4.78, 5) is 5.34. The molecule has 0 saturated carbocycles. The third-order valence-electron chi connectivity index (χ3n) is 3.33. The van der Waals surface area contributed by atoms with Crippen LogP contribution in [0.5, 0.6) is 0 Å². The summed E-state index contributed by atoms with van der Waals surface area (Å²) in [6.45, 7) is 4.02. The van der Waals surface area contributed by atoms with E-state index in [0.717, 1.165) is 10.4 Å². The molecule has 1 aromatic heterocycles. The predicted molar refractivity (Wildman–Crippen MR) is 97.8 cm³/mol. The van der Waals surface area contributed by atoms with Gasteiger partial charge in [-0.25, -0.2) is 9.07 Å². The zero-order valence-corrected chi connectivity index (χ0v) is 14.4. The average Bonchev–Trinajstić information content (AvgIpc) is 2.96. The molecule has 1 heterocycles. The summed E-state index contributed by atoms with van der Waals surface area (Å²) >= 11 is 1.46. The summed E-state index contributed by atoms with van der Waals surface area (Å²) in [7, 11) is 0. The summed E-state index contributed by atoms with van der Waals surface area (Å²) in [6.07, 6.45) is 1.76. The quantitative estimate of drug-likeness (QED) is 0.624. The van der Waals surface area contributed by atoms with Crippen molar-refractivity contribution in [3.8, 4) is 11.3 Å². The Labute approximate surface area is 144 Å². The Morgan fingerprint density at radius 1 is 1.04 bits per heavy atom. The van der Waals surface area contributed by atoms with Gasteiger partial charge in [0.2, 0.25) is 4.80 Å². The second-order valence-electron chi connectivity index (χ2n) is 5.57. The molecule has 3 rings (SSSR count). The van der Waals surface area contributed by atoms with Crippen LogP contribution < -0.4 is 4.80 Å². The molecule has 0 aliphatic carbocycles. The Kier molecular flexibility index (Phi) is 5.01. The first-order chi connectivity index (χ1) is 11.6. The lowest BCUT2D eigenvalue weighted by Crippen LogP contribution is -2.14. The van der Waals surface area contributed by atoms with Crippen molar-refractivity contribution in [3.05, 3.63) is 76.2 Å². The molecule has 0 radical (unpaired) electrons. The molecule has 0 saturated heterocycles. The van der Waals surface area contributed by atoms with E-state index >= 15 is 0 Å². The summed E-state index contributed by atoms with van der Waals surface area (Å²) < 4.78 is 15.9. The minimum absolute atomic E-state index is 0.135. The predicted octanol–water partition coefficient (Wildman–Crippen LogP) is 4.55. The lowest BCUT2D eigenvalue weighted by molar-refractivity contribution is 0.629. The van der Waals surface area contributed by atoms with Gasteiger partial charge in [0.25, 0.3) is 0 Å². The molecule has 3 nitrogen and oxygen atoms in total. The van der Waals surface area contributed by atoms with E-state index in [1.54, 1.807) is 23.0 Å². The molecule has 24 heavy (non-hydrogen) atoms. The molecule has 0 fully saturated rings. The van der Waals surface area contributed by atoms with E-state index in [-0.39, 0.29) is 11.9 Å². The van der Waals surface area contributed by atoms with Crippen LogP contribution in [0.3, 0.4) is 0 Å². The molecule has 3 aromatic rings. The first-order valence-corrected chi connectivity index (χ1v) is 8.62. The summed E-state index contributed by atoms with van der Waals surface area (Å²) in [5.74, 6) is -0.268. The fraction of sp³-hybridized carbons (Fsp3) is 0.158. The third kappa shape index (κ3) is 3.68. The van der Waals surface area contributed by atoms with Gasteiger partial charge < -0.3 is 0 Å². The van der Waals surface area contributed by atoms with Gasteiger partial charge in [-0.2, -0.15) is 5.10 Å². The van der Waals surface area contributed by atoms with Crippen molar-refractivity contribution in [2.24, 2.45) is 10.1 Å². The fourth-order valence-electron chi connectivity index (χ4n) is 2.24. The van der Waals surface area contributed by atoms with Crippen LogP contribution in [0.1, 0.15) is 19.4 Å². The van der Waals surface area contributed by atoms with E-state index in [0.29, 0.717) is 11.3 Å². The normalized spacial score (nSPS) is 12.4. The molecule has 0 unspecified atom stereocenters. The lowest BCUT2D eigenvalue weighted by Gasteiger charge is -2.05. The van der Waals surface area contributed by atoms with Gasteiger partial charge >= 0.3 is 0 Å². The van der Waals surface area contributed by atoms with E-state index in [9.17, 15) is 4.39 Å². The van der Waals surface area contributed by atoms with E-state index in [1.807, 2.05) is 55.6 Å². The van der Waals surface area contributed by atoms with Crippen LogP contribution in [0.25, 0.3) is 11.3 Å². The molecule has 0 aliphatic rings. The largest absolute Gasteiger partial charge is 0.255 e. The van der Waals surface area contributed by atoms with Crippen molar-refractivity contribution in [2.45, 2.75) is 19.9 Å². The number of aromatic nitrogens is 1. The molecule has 0 bridgehead atoms. The molecular weight excluding hydrogens is 321 g/mol. The van der Waals surface area contributed by atoms with Crippen molar-refractivity contribution in [3.63, 3.8) is 0 Å². The molecule has 0 amide bonds. The SMILES string of the molecule is CC(C)N=c1scc(-c2ccccc2F)n1N=Cc1ccccc1. The Morgan fingerprint density at radius 2 is 1.75 bits per heavy atom. The summed E-state index contributed by atoms with van der Waals surface area (Å²) in [6, 6.07) is 16.7. The topological polar surface area (TPSA) is 29.6 Å². The van der Waals surface area contributed by atoms with Gasteiger partial charge in [-0.1, -0.05) is 42.5 Å². The molecule has 5 heteroatoms. The van der Waals surface area contributed by atoms with Crippen LogP contribution >= 0.6 is 11.3 Å². The van der Waals surface area contributed by atoms with E-state index in [1.165, 1.54) is 17.4 Å². The van der Waals surface area contributed by atoms with E-state index < -0.39 is 0 Å². The molecule has 0 aliphatic heterocycles. The van der Waals surface area contributed by atoms with Crippen molar-refractivity contribution in [2.75, 3.05) is 0 Å². The van der Waals surface area contributed by atoms with Crippen LogP contribution in [0.4, 0.5) is 4.39 Å². The maximum absolute atomic E-state index is 14.2. The smallest absolute Gasteiger partial charge is 0.206 e. The van der Waals surface area contributed by atoms with Gasteiger partial charge in [0.15, 0.2) is 0 Å². The van der Waals surface area contributed by atoms with Gasteiger partial charge in [0.05, 0.1) is 11.9 Å². The van der Waals surface area contributed by atoms with E-state index in [2.05, 4.69) is 10.1 Å². The van der Waals surface area contributed by atoms with Crippen LogP contribution in [-0.2, 0) is 0 Å². The monoisotopic (exact) mass is 339 g/mol. The molecule has 122 valence electrons. The Morgan fingerprint density at radius 3 is 2.46 bits per heavy atom. The van der Waals surface area contributed by atoms with Crippen molar-refractivity contribution >= 4 is 17.6 Å². The van der Waals surface area contributed by atoms with Crippen molar-refractivity contribution in [1.82, 2.24) is 4.68 Å². The lowest BCUT2D eigenvalue weighted by atomic mass is 10.1. The van der Waals surface area contributed by atoms with Crippen LogP contribution in [0.15, 0.2) is 70.1 Å². The molecular formula is C19H18FN3S. The Bertz CT molecular complexity index is 908.